The van der Waals surface area contributed by atoms with Crippen molar-refractivity contribution in [2.24, 2.45) is 0 Å². The molecule has 0 radical (unpaired) electrons. The Labute approximate surface area is 108 Å². The molecule has 0 aliphatic carbocycles. The highest BCUT2D eigenvalue weighted by atomic mass is 35.5. The second kappa shape index (κ2) is 5.09. The molecular formula is C14H19ClO2. The molecule has 1 aromatic carbocycles. The maximum Gasteiger partial charge on any atom is 0.141 e. The quantitative estimate of drug-likeness (QED) is 0.821. The fourth-order valence-corrected chi connectivity index (χ4v) is 2.03. The summed E-state index contributed by atoms with van der Waals surface area (Å²) in [4.78, 5) is 11.3. The van der Waals surface area contributed by atoms with Crippen molar-refractivity contribution >= 4 is 17.4 Å². The van der Waals surface area contributed by atoms with Crippen LogP contribution in [0, 0.1) is 0 Å². The van der Waals surface area contributed by atoms with Gasteiger partial charge in [0.25, 0.3) is 0 Å². The normalized spacial score (nSPS) is 11.4. The lowest BCUT2D eigenvalue weighted by molar-refractivity contribution is -0.116. The van der Waals surface area contributed by atoms with Crippen molar-refractivity contribution < 1.29 is 9.53 Å². The minimum atomic E-state index is 0.00144. The lowest BCUT2D eigenvalue weighted by atomic mass is 9.85. The van der Waals surface area contributed by atoms with Crippen molar-refractivity contribution in [1.82, 2.24) is 0 Å². The minimum absolute atomic E-state index is 0.00144. The molecule has 0 bridgehead atoms. The van der Waals surface area contributed by atoms with Crippen LogP contribution < -0.4 is 4.74 Å². The van der Waals surface area contributed by atoms with Gasteiger partial charge < -0.3 is 4.74 Å². The highest BCUT2D eigenvalue weighted by Crippen LogP contribution is 2.35. The molecule has 0 spiro atoms. The number of carbonyl (C=O) groups is 1. The molecule has 0 atom stereocenters. The van der Waals surface area contributed by atoms with Crippen molar-refractivity contribution in [2.75, 3.05) is 7.11 Å². The molecule has 94 valence electrons. The summed E-state index contributed by atoms with van der Waals surface area (Å²) in [6.45, 7) is 7.91. The van der Waals surface area contributed by atoms with Gasteiger partial charge in [-0.2, -0.15) is 0 Å². The van der Waals surface area contributed by atoms with Crippen LogP contribution in [-0.4, -0.2) is 12.9 Å². The van der Waals surface area contributed by atoms with Gasteiger partial charge in [0, 0.05) is 12.0 Å². The van der Waals surface area contributed by atoms with Crippen molar-refractivity contribution in [3.8, 4) is 5.75 Å². The fraction of sp³-hybridized carbons (Fsp3) is 0.500. The van der Waals surface area contributed by atoms with Crippen LogP contribution in [0.3, 0.4) is 0 Å². The Morgan fingerprint density at radius 1 is 1.35 bits per heavy atom. The van der Waals surface area contributed by atoms with Gasteiger partial charge in [-0.15, -0.1) is 0 Å². The van der Waals surface area contributed by atoms with Gasteiger partial charge in [-0.3, -0.25) is 4.79 Å². The number of hydrogen-bond acceptors (Lipinski definition) is 2. The molecule has 1 aromatic rings. The first-order valence-corrected chi connectivity index (χ1v) is 6.00. The Hall–Kier alpha value is -1.02. The van der Waals surface area contributed by atoms with E-state index in [9.17, 15) is 4.79 Å². The molecule has 2 nitrogen and oxygen atoms in total. The zero-order chi connectivity index (χ0) is 13.2. The van der Waals surface area contributed by atoms with Crippen molar-refractivity contribution in [3.05, 3.63) is 28.3 Å². The number of ketones is 1. The van der Waals surface area contributed by atoms with Crippen molar-refractivity contribution in [1.29, 1.82) is 0 Å². The summed E-state index contributed by atoms with van der Waals surface area (Å²) in [6, 6.07) is 3.91. The van der Waals surface area contributed by atoms with Crippen molar-refractivity contribution in [3.63, 3.8) is 0 Å². The maximum absolute atomic E-state index is 11.3. The first-order valence-electron chi connectivity index (χ1n) is 5.62. The minimum Gasteiger partial charge on any atom is -0.495 e. The van der Waals surface area contributed by atoms with Gasteiger partial charge in [-0.05, 0) is 24.0 Å². The van der Waals surface area contributed by atoms with Gasteiger partial charge in [0.2, 0.25) is 0 Å². The number of rotatable bonds is 3. The molecule has 0 saturated heterocycles. The van der Waals surface area contributed by atoms with Crippen LogP contribution >= 0.6 is 11.6 Å². The highest BCUT2D eigenvalue weighted by Gasteiger charge is 2.19. The molecule has 0 saturated carbocycles. The summed E-state index contributed by atoms with van der Waals surface area (Å²) in [5, 5.41) is 0.566. The monoisotopic (exact) mass is 254 g/mol. The van der Waals surface area contributed by atoms with E-state index in [0.29, 0.717) is 17.2 Å². The van der Waals surface area contributed by atoms with E-state index in [4.69, 9.17) is 16.3 Å². The van der Waals surface area contributed by atoms with Crippen LogP contribution in [0.15, 0.2) is 12.1 Å². The number of carbonyl (C=O) groups excluding carboxylic acids is 1. The largest absolute Gasteiger partial charge is 0.495 e. The second-order valence-electron chi connectivity index (χ2n) is 5.28. The van der Waals surface area contributed by atoms with E-state index in [2.05, 4.69) is 20.8 Å². The van der Waals surface area contributed by atoms with Gasteiger partial charge >= 0.3 is 0 Å². The SMILES string of the molecule is COc1c(Cl)cc(C(C)(C)C)cc1CC(C)=O. The Kier molecular flexibility index (Phi) is 4.21. The van der Waals surface area contributed by atoms with Crippen molar-refractivity contribution in [2.45, 2.75) is 39.5 Å². The zero-order valence-corrected chi connectivity index (χ0v) is 11.8. The van der Waals surface area contributed by atoms with E-state index in [-0.39, 0.29) is 11.2 Å². The molecular weight excluding hydrogens is 236 g/mol. The summed E-state index contributed by atoms with van der Waals surface area (Å²) in [7, 11) is 1.57. The van der Waals surface area contributed by atoms with E-state index in [1.54, 1.807) is 14.0 Å². The van der Waals surface area contributed by atoms with Gasteiger partial charge in [-0.25, -0.2) is 0 Å². The van der Waals surface area contributed by atoms with E-state index in [0.717, 1.165) is 11.1 Å². The van der Waals surface area contributed by atoms with Gasteiger partial charge in [0.15, 0.2) is 0 Å². The number of ether oxygens (including phenoxy) is 1. The molecule has 0 fully saturated rings. The predicted molar refractivity (Wildman–Crippen MR) is 71.1 cm³/mol. The van der Waals surface area contributed by atoms with Crippen LogP contribution in [0.25, 0.3) is 0 Å². The molecule has 0 amide bonds. The zero-order valence-electron chi connectivity index (χ0n) is 11.1. The molecule has 17 heavy (non-hydrogen) atoms. The first kappa shape index (κ1) is 14.0. The number of methoxy groups -OCH3 is 1. The molecule has 0 aromatic heterocycles. The Morgan fingerprint density at radius 2 is 1.94 bits per heavy atom. The van der Waals surface area contributed by atoms with Crippen LogP contribution in [-0.2, 0) is 16.6 Å². The van der Waals surface area contributed by atoms with Crippen LogP contribution in [0.2, 0.25) is 5.02 Å². The lowest BCUT2D eigenvalue weighted by Crippen LogP contribution is -2.12. The summed E-state index contributed by atoms with van der Waals surface area (Å²) >= 11 is 6.19. The maximum atomic E-state index is 11.3. The van der Waals surface area contributed by atoms with Crippen LogP contribution in [0.1, 0.15) is 38.8 Å². The number of hydrogen-bond donors (Lipinski definition) is 0. The molecule has 0 aliphatic heterocycles. The number of halogens is 1. The molecule has 3 heteroatoms. The average Bonchev–Trinajstić information content (AvgIpc) is 2.14. The fourth-order valence-electron chi connectivity index (χ4n) is 1.71. The Balaban J connectivity index is 3.33. The van der Waals surface area contributed by atoms with Crippen LogP contribution in [0.5, 0.6) is 5.75 Å². The third-order valence-corrected chi connectivity index (χ3v) is 2.91. The predicted octanol–water partition coefficient (Wildman–Crippen LogP) is 3.78. The second-order valence-corrected chi connectivity index (χ2v) is 5.69. The molecule has 0 unspecified atom stereocenters. The molecule has 1 rings (SSSR count). The average molecular weight is 255 g/mol. The first-order chi connectivity index (χ1) is 7.75. The highest BCUT2D eigenvalue weighted by molar-refractivity contribution is 6.32. The molecule has 0 aliphatic rings. The standard InChI is InChI=1S/C14H19ClO2/c1-9(16)6-10-7-11(14(2,3)4)8-12(15)13(10)17-5/h7-8H,6H2,1-5H3. The lowest BCUT2D eigenvalue weighted by Gasteiger charge is -2.22. The summed E-state index contributed by atoms with van der Waals surface area (Å²) in [5.41, 5.74) is 1.97. The Morgan fingerprint density at radius 3 is 2.35 bits per heavy atom. The third kappa shape index (κ3) is 3.47. The van der Waals surface area contributed by atoms with Gasteiger partial charge in [0.05, 0.1) is 12.1 Å². The smallest absolute Gasteiger partial charge is 0.141 e. The van der Waals surface area contributed by atoms with E-state index < -0.39 is 0 Å². The summed E-state index contributed by atoms with van der Waals surface area (Å²) < 4.78 is 5.26. The van der Waals surface area contributed by atoms with Crippen LogP contribution in [0.4, 0.5) is 0 Å². The molecule has 0 heterocycles. The summed E-state index contributed by atoms with van der Waals surface area (Å²) in [5.74, 6) is 0.709. The van der Waals surface area contributed by atoms with E-state index >= 15 is 0 Å². The third-order valence-electron chi connectivity index (χ3n) is 2.63. The topological polar surface area (TPSA) is 26.3 Å². The van der Waals surface area contributed by atoms with E-state index in [1.807, 2.05) is 12.1 Å². The van der Waals surface area contributed by atoms with E-state index in [1.165, 1.54) is 0 Å². The molecule has 0 N–H and O–H groups in total. The summed E-state index contributed by atoms with van der Waals surface area (Å²) in [6.07, 6.45) is 0.354. The van der Waals surface area contributed by atoms with Gasteiger partial charge in [-0.1, -0.05) is 38.4 Å². The number of benzene rings is 1. The van der Waals surface area contributed by atoms with Gasteiger partial charge in [0.1, 0.15) is 11.5 Å². The number of Topliss-reactive ketones (excluding diaryl/α,β-unsaturated/α-hetero) is 1. The Bertz CT molecular complexity index is 431.